The number of hydrazine groups is 1. The third kappa shape index (κ3) is 3.38. The summed E-state index contributed by atoms with van der Waals surface area (Å²) in [6.07, 6.45) is 1.19. The smallest absolute Gasteiger partial charge is 0.162 e. The van der Waals surface area contributed by atoms with Gasteiger partial charge >= 0.3 is 0 Å². The van der Waals surface area contributed by atoms with E-state index >= 15 is 0 Å². The number of carbonyl (C=O) groups excluding carboxylic acids is 1. The third-order valence-corrected chi connectivity index (χ3v) is 6.73. The Labute approximate surface area is 188 Å². The number of nitrogens with zero attached hydrogens (tertiary/aromatic N) is 3. The highest BCUT2D eigenvalue weighted by Crippen LogP contribution is 2.49. The first kappa shape index (κ1) is 20.7. The van der Waals surface area contributed by atoms with Crippen molar-refractivity contribution in [3.05, 3.63) is 70.7 Å². The molecule has 2 aromatic rings. The number of hydrogen-bond donors (Lipinski definition) is 1. The Morgan fingerprint density at radius 3 is 2.53 bits per heavy atom. The van der Waals surface area contributed by atoms with E-state index < -0.39 is 5.92 Å². The molecule has 2 heterocycles. The molecular weight excluding hydrogens is 400 g/mol. The summed E-state index contributed by atoms with van der Waals surface area (Å²) in [6, 6.07) is 16.7. The summed E-state index contributed by atoms with van der Waals surface area (Å²) in [5.41, 5.74) is 9.56. The van der Waals surface area contributed by atoms with Gasteiger partial charge in [0.15, 0.2) is 5.78 Å². The molecule has 1 aliphatic carbocycles. The van der Waals surface area contributed by atoms with E-state index in [0.717, 1.165) is 34.0 Å². The molecule has 0 bridgehead atoms. The van der Waals surface area contributed by atoms with Gasteiger partial charge in [-0.05, 0) is 28.2 Å². The summed E-state index contributed by atoms with van der Waals surface area (Å²) in [6.45, 7) is 6.78. The average Bonchev–Trinajstić information content (AvgIpc) is 2.78. The normalized spacial score (nSPS) is 24.0. The van der Waals surface area contributed by atoms with Gasteiger partial charge in [-0.25, -0.2) is 5.01 Å². The number of ketones is 1. The molecule has 0 amide bonds. The number of allylic oxidation sites excluding steroid dienone is 3. The molecule has 0 aromatic heterocycles. The van der Waals surface area contributed by atoms with Crippen LogP contribution in [0.15, 0.2) is 65.1 Å². The molecule has 1 saturated heterocycles. The molecule has 5 rings (SSSR count). The quantitative estimate of drug-likeness (QED) is 0.783. The SMILES string of the molecule is CC1(C)CC(=O)C2=C(C1)N(N1CCOCC1)C(N)=C(C#N)C2c1ccc2ccccc2c1. The minimum atomic E-state index is -0.444. The predicted molar refractivity (Wildman–Crippen MR) is 123 cm³/mol. The van der Waals surface area contributed by atoms with Gasteiger partial charge in [-0.1, -0.05) is 56.3 Å². The van der Waals surface area contributed by atoms with Gasteiger partial charge < -0.3 is 10.5 Å². The van der Waals surface area contributed by atoms with E-state index in [1.165, 1.54) is 0 Å². The average molecular weight is 429 g/mol. The van der Waals surface area contributed by atoms with Crippen LogP contribution in [0, 0.1) is 16.7 Å². The third-order valence-electron chi connectivity index (χ3n) is 6.73. The highest BCUT2D eigenvalue weighted by molar-refractivity contribution is 6.00. The zero-order valence-corrected chi connectivity index (χ0v) is 18.6. The van der Waals surface area contributed by atoms with Crippen molar-refractivity contribution in [2.45, 2.75) is 32.6 Å². The van der Waals surface area contributed by atoms with E-state index in [9.17, 15) is 10.1 Å². The molecule has 0 radical (unpaired) electrons. The molecule has 1 fully saturated rings. The number of benzene rings is 2. The molecule has 2 N–H and O–H groups in total. The summed E-state index contributed by atoms with van der Waals surface area (Å²) in [5.74, 6) is 0.0882. The van der Waals surface area contributed by atoms with Crippen LogP contribution >= 0.6 is 0 Å². The van der Waals surface area contributed by atoms with Crippen LogP contribution in [0.4, 0.5) is 0 Å². The van der Waals surface area contributed by atoms with Gasteiger partial charge in [0, 0.05) is 30.8 Å². The maximum Gasteiger partial charge on any atom is 0.162 e. The van der Waals surface area contributed by atoms with E-state index in [1.54, 1.807) is 0 Å². The molecular formula is C26H28N4O2. The molecule has 2 aromatic carbocycles. The Morgan fingerprint density at radius 2 is 1.81 bits per heavy atom. The molecule has 0 saturated carbocycles. The van der Waals surface area contributed by atoms with Crippen molar-refractivity contribution in [1.82, 2.24) is 10.0 Å². The highest BCUT2D eigenvalue weighted by Gasteiger charge is 2.45. The van der Waals surface area contributed by atoms with E-state index in [0.29, 0.717) is 44.1 Å². The van der Waals surface area contributed by atoms with Gasteiger partial charge in [-0.2, -0.15) is 5.26 Å². The first-order valence-electron chi connectivity index (χ1n) is 11.2. The zero-order chi connectivity index (χ0) is 22.5. The summed E-state index contributed by atoms with van der Waals surface area (Å²) in [4.78, 5) is 13.6. The Kier molecular flexibility index (Phi) is 5.04. The maximum atomic E-state index is 13.6. The van der Waals surface area contributed by atoms with Crippen molar-refractivity contribution in [3.8, 4) is 6.07 Å². The second-order valence-electron chi connectivity index (χ2n) is 9.63. The van der Waals surface area contributed by atoms with Gasteiger partial charge in [-0.15, -0.1) is 0 Å². The fraction of sp³-hybridized carbons (Fsp3) is 0.385. The summed E-state index contributed by atoms with van der Waals surface area (Å²) < 4.78 is 5.54. The molecule has 3 aliphatic rings. The van der Waals surface area contributed by atoms with Crippen molar-refractivity contribution < 1.29 is 9.53 Å². The van der Waals surface area contributed by atoms with Crippen molar-refractivity contribution in [1.29, 1.82) is 5.26 Å². The first-order valence-corrected chi connectivity index (χ1v) is 11.2. The predicted octanol–water partition coefficient (Wildman–Crippen LogP) is 3.82. The molecule has 6 heteroatoms. The fourth-order valence-electron chi connectivity index (χ4n) is 5.29. The second kappa shape index (κ2) is 7.77. The van der Waals surface area contributed by atoms with Crippen LogP contribution < -0.4 is 5.73 Å². The number of morpholine rings is 1. The van der Waals surface area contributed by atoms with Crippen molar-refractivity contribution >= 4 is 16.6 Å². The summed E-state index contributed by atoms with van der Waals surface area (Å²) in [7, 11) is 0. The van der Waals surface area contributed by atoms with Crippen molar-refractivity contribution in [2.75, 3.05) is 26.3 Å². The van der Waals surface area contributed by atoms with Crippen LogP contribution in [0.25, 0.3) is 10.8 Å². The molecule has 164 valence electrons. The molecule has 6 nitrogen and oxygen atoms in total. The molecule has 32 heavy (non-hydrogen) atoms. The Bertz CT molecular complexity index is 1200. The number of nitrogens with two attached hydrogens (primary N) is 1. The van der Waals surface area contributed by atoms with Gasteiger partial charge in [0.05, 0.1) is 30.8 Å². The van der Waals surface area contributed by atoms with Gasteiger partial charge in [0.25, 0.3) is 0 Å². The van der Waals surface area contributed by atoms with Gasteiger partial charge in [-0.3, -0.25) is 9.80 Å². The first-order chi connectivity index (χ1) is 15.4. The summed E-state index contributed by atoms with van der Waals surface area (Å²) in [5, 5.41) is 16.5. The number of ether oxygens (including phenoxy) is 1. The van der Waals surface area contributed by atoms with Crippen LogP contribution in [0.1, 0.15) is 38.2 Å². The van der Waals surface area contributed by atoms with Crippen LogP contribution in [-0.2, 0) is 9.53 Å². The monoisotopic (exact) mass is 428 g/mol. The van der Waals surface area contributed by atoms with Crippen LogP contribution in [0.3, 0.4) is 0 Å². The standard InChI is InChI=1S/C26H28N4O2/c1-26(2)14-21-24(22(31)15-26)23(19-8-7-17-5-3-4-6-18(17)13-19)20(16-27)25(28)30(21)29-9-11-32-12-10-29/h3-8,13,23H,9-12,14-15,28H2,1-2H3. The van der Waals surface area contributed by atoms with E-state index in [1.807, 2.05) is 23.2 Å². The lowest BCUT2D eigenvalue weighted by Crippen LogP contribution is -2.53. The lowest BCUT2D eigenvalue weighted by Gasteiger charge is -2.48. The number of carbonyl (C=O) groups is 1. The lowest BCUT2D eigenvalue weighted by atomic mass is 9.69. The van der Waals surface area contributed by atoms with Gasteiger partial charge in [0.2, 0.25) is 0 Å². The Balaban J connectivity index is 1.72. The van der Waals surface area contributed by atoms with Gasteiger partial charge in [0.1, 0.15) is 5.82 Å². The minimum Gasteiger partial charge on any atom is -0.383 e. The van der Waals surface area contributed by atoms with E-state index in [-0.39, 0.29) is 11.2 Å². The zero-order valence-electron chi connectivity index (χ0n) is 18.6. The second-order valence-corrected chi connectivity index (χ2v) is 9.63. The number of Topliss-reactive ketones (excluding diaryl/α,β-unsaturated/α-hetero) is 1. The minimum absolute atomic E-state index is 0.105. The molecule has 1 unspecified atom stereocenters. The number of hydrogen-bond acceptors (Lipinski definition) is 6. The van der Waals surface area contributed by atoms with Crippen molar-refractivity contribution in [3.63, 3.8) is 0 Å². The van der Waals surface area contributed by atoms with Crippen molar-refractivity contribution in [2.24, 2.45) is 11.1 Å². The molecule has 1 atom stereocenters. The van der Waals surface area contributed by atoms with E-state index in [4.69, 9.17) is 10.5 Å². The number of fused-ring (bicyclic) bond motifs is 1. The Hall–Kier alpha value is -3.14. The largest absolute Gasteiger partial charge is 0.383 e. The maximum absolute atomic E-state index is 13.6. The number of rotatable bonds is 2. The fourth-order valence-corrected chi connectivity index (χ4v) is 5.29. The lowest BCUT2D eigenvalue weighted by molar-refractivity contribution is -0.119. The van der Waals surface area contributed by atoms with Crippen LogP contribution in [0.2, 0.25) is 0 Å². The van der Waals surface area contributed by atoms with Crippen LogP contribution in [0.5, 0.6) is 0 Å². The van der Waals surface area contributed by atoms with Crippen LogP contribution in [-0.4, -0.2) is 42.1 Å². The molecule has 2 aliphatic heterocycles. The Morgan fingerprint density at radius 1 is 1.09 bits per heavy atom. The molecule has 0 spiro atoms. The summed E-state index contributed by atoms with van der Waals surface area (Å²) >= 11 is 0. The highest BCUT2D eigenvalue weighted by atomic mass is 16.5. The topological polar surface area (TPSA) is 82.6 Å². The number of nitriles is 1. The van der Waals surface area contributed by atoms with E-state index in [2.05, 4.69) is 49.2 Å².